The minimum Gasteiger partial charge on any atom is -0.496 e. The molecule has 2 N–H and O–H groups in total. The van der Waals surface area contributed by atoms with Gasteiger partial charge in [0.05, 0.1) is 35.0 Å². The van der Waals surface area contributed by atoms with Gasteiger partial charge in [0, 0.05) is 43.5 Å². The number of halogens is 1. The van der Waals surface area contributed by atoms with Crippen LogP contribution in [-0.2, 0) is 0 Å². The normalized spacial score (nSPS) is 10.5. The zero-order chi connectivity index (χ0) is 21.1. The van der Waals surface area contributed by atoms with Crippen molar-refractivity contribution in [1.82, 2.24) is 5.32 Å². The van der Waals surface area contributed by atoms with Crippen molar-refractivity contribution in [3.05, 3.63) is 36.4 Å². The highest BCUT2D eigenvalue weighted by molar-refractivity contribution is 14.0. The molecule has 0 bridgehead atoms. The first-order valence-electron chi connectivity index (χ1n) is 9.19. The average Bonchev–Trinajstić information content (AvgIpc) is 2.77. The van der Waals surface area contributed by atoms with Crippen LogP contribution >= 0.6 is 24.0 Å². The Kier molecular flexibility index (Phi) is 11.6. The summed E-state index contributed by atoms with van der Waals surface area (Å²) < 4.78 is 26.9. The fourth-order valence-corrected chi connectivity index (χ4v) is 2.56. The summed E-state index contributed by atoms with van der Waals surface area (Å²) in [5.74, 6) is 4.06. The van der Waals surface area contributed by atoms with Gasteiger partial charge in [-0.15, -0.1) is 24.0 Å². The standard InChI is InChI=1S/C21H29N3O5.HI/c1-22-21(24-15-7-8-19(27-4)20(11-15)28-5)23-9-6-10-29-18-13-16(25-2)12-17(14-18)26-3;/h7-8,11-14H,6,9-10H2,1-5H3,(H2,22,23,24);1H. The molecular formula is C21H30IN3O5. The van der Waals surface area contributed by atoms with Gasteiger partial charge >= 0.3 is 0 Å². The molecule has 0 heterocycles. The van der Waals surface area contributed by atoms with E-state index in [1.807, 2.05) is 30.3 Å². The number of guanidine groups is 1. The van der Waals surface area contributed by atoms with Crippen LogP contribution in [0.15, 0.2) is 41.4 Å². The van der Waals surface area contributed by atoms with Crippen LogP contribution in [0.4, 0.5) is 5.69 Å². The molecule has 0 amide bonds. The van der Waals surface area contributed by atoms with E-state index in [1.165, 1.54) is 0 Å². The van der Waals surface area contributed by atoms with Crippen LogP contribution in [0.3, 0.4) is 0 Å². The highest BCUT2D eigenvalue weighted by Crippen LogP contribution is 2.29. The molecule has 0 radical (unpaired) electrons. The first-order chi connectivity index (χ1) is 14.1. The van der Waals surface area contributed by atoms with Crippen LogP contribution in [0.5, 0.6) is 28.7 Å². The minimum atomic E-state index is 0. The van der Waals surface area contributed by atoms with E-state index >= 15 is 0 Å². The first kappa shape index (κ1) is 25.5. The lowest BCUT2D eigenvalue weighted by Crippen LogP contribution is -2.32. The third-order valence-corrected chi connectivity index (χ3v) is 4.08. The van der Waals surface area contributed by atoms with Crippen LogP contribution in [0.1, 0.15) is 6.42 Å². The number of aliphatic imine (C=N–C) groups is 1. The van der Waals surface area contributed by atoms with Crippen molar-refractivity contribution in [2.24, 2.45) is 4.99 Å². The van der Waals surface area contributed by atoms with Gasteiger partial charge in [0.25, 0.3) is 0 Å². The Balaban J connectivity index is 0.00000450. The Bertz CT molecular complexity index is 795. The van der Waals surface area contributed by atoms with Gasteiger partial charge in [0.15, 0.2) is 17.5 Å². The van der Waals surface area contributed by atoms with Crippen LogP contribution < -0.4 is 34.3 Å². The molecule has 0 saturated carbocycles. The van der Waals surface area contributed by atoms with Gasteiger partial charge in [-0.2, -0.15) is 0 Å². The van der Waals surface area contributed by atoms with Gasteiger partial charge in [-0.1, -0.05) is 0 Å². The minimum absolute atomic E-state index is 0. The van der Waals surface area contributed by atoms with Crippen molar-refractivity contribution in [3.63, 3.8) is 0 Å². The van der Waals surface area contributed by atoms with Gasteiger partial charge < -0.3 is 34.3 Å². The lowest BCUT2D eigenvalue weighted by atomic mass is 10.2. The maximum absolute atomic E-state index is 5.79. The quantitative estimate of drug-likeness (QED) is 0.209. The van der Waals surface area contributed by atoms with Crippen molar-refractivity contribution in [1.29, 1.82) is 0 Å². The van der Waals surface area contributed by atoms with E-state index in [-0.39, 0.29) is 24.0 Å². The maximum Gasteiger partial charge on any atom is 0.195 e. The average molecular weight is 531 g/mol. The SMILES string of the molecule is CN=C(NCCCOc1cc(OC)cc(OC)c1)Nc1ccc(OC)c(OC)c1.I. The van der Waals surface area contributed by atoms with Gasteiger partial charge in [0.2, 0.25) is 0 Å². The molecule has 0 saturated heterocycles. The fraction of sp³-hybridized carbons (Fsp3) is 0.381. The van der Waals surface area contributed by atoms with E-state index in [0.717, 1.165) is 12.1 Å². The second kappa shape index (κ2) is 13.6. The Morgan fingerprint density at radius 3 is 2.03 bits per heavy atom. The molecule has 2 aromatic rings. The van der Waals surface area contributed by atoms with Crippen molar-refractivity contribution >= 4 is 35.6 Å². The fourth-order valence-electron chi connectivity index (χ4n) is 2.56. The second-order valence-electron chi connectivity index (χ2n) is 5.94. The molecule has 0 spiro atoms. The Hall–Kier alpha value is -2.56. The van der Waals surface area contributed by atoms with Crippen LogP contribution in [0, 0.1) is 0 Å². The molecule has 2 aromatic carbocycles. The number of ether oxygens (including phenoxy) is 5. The van der Waals surface area contributed by atoms with Crippen molar-refractivity contribution in [3.8, 4) is 28.7 Å². The van der Waals surface area contributed by atoms with Gasteiger partial charge in [0.1, 0.15) is 17.2 Å². The molecule has 0 aliphatic heterocycles. The Morgan fingerprint density at radius 1 is 0.833 bits per heavy atom. The summed E-state index contributed by atoms with van der Waals surface area (Å²) in [7, 11) is 8.15. The molecule has 9 heteroatoms. The topological polar surface area (TPSA) is 82.6 Å². The van der Waals surface area contributed by atoms with Crippen LogP contribution in [-0.4, -0.2) is 54.6 Å². The third kappa shape index (κ3) is 7.69. The number of hydrogen-bond acceptors (Lipinski definition) is 6. The predicted octanol–water partition coefficient (Wildman–Crippen LogP) is 3.80. The number of anilines is 1. The van der Waals surface area contributed by atoms with E-state index < -0.39 is 0 Å². The number of rotatable bonds is 10. The zero-order valence-corrected chi connectivity index (χ0v) is 20.3. The first-order valence-corrected chi connectivity index (χ1v) is 9.19. The summed E-state index contributed by atoms with van der Waals surface area (Å²) in [4.78, 5) is 4.23. The van der Waals surface area contributed by atoms with Gasteiger partial charge in [-0.25, -0.2) is 0 Å². The summed E-state index contributed by atoms with van der Waals surface area (Å²) in [5, 5.41) is 6.48. The zero-order valence-electron chi connectivity index (χ0n) is 18.0. The van der Waals surface area contributed by atoms with E-state index in [9.17, 15) is 0 Å². The highest BCUT2D eigenvalue weighted by atomic mass is 127. The van der Waals surface area contributed by atoms with E-state index in [4.69, 9.17) is 23.7 Å². The van der Waals surface area contributed by atoms with Crippen LogP contribution in [0.2, 0.25) is 0 Å². The van der Waals surface area contributed by atoms with Crippen molar-refractivity contribution in [2.45, 2.75) is 6.42 Å². The predicted molar refractivity (Wildman–Crippen MR) is 130 cm³/mol. The summed E-state index contributed by atoms with van der Waals surface area (Å²) in [6.45, 7) is 1.23. The van der Waals surface area contributed by atoms with Crippen molar-refractivity contribution in [2.75, 3.05) is 54.0 Å². The summed E-state index contributed by atoms with van der Waals surface area (Å²) in [6.07, 6.45) is 0.784. The number of benzene rings is 2. The number of nitrogens with one attached hydrogen (secondary N) is 2. The summed E-state index contributed by atoms with van der Waals surface area (Å²) in [6, 6.07) is 11.0. The Morgan fingerprint density at radius 2 is 1.47 bits per heavy atom. The summed E-state index contributed by atoms with van der Waals surface area (Å²) in [5.41, 5.74) is 0.843. The molecule has 2 rings (SSSR count). The number of hydrogen-bond donors (Lipinski definition) is 2. The molecule has 0 aliphatic rings. The van der Waals surface area contributed by atoms with E-state index in [2.05, 4.69) is 15.6 Å². The molecule has 0 atom stereocenters. The maximum atomic E-state index is 5.79. The molecule has 0 unspecified atom stereocenters. The molecule has 0 fully saturated rings. The Labute approximate surface area is 194 Å². The largest absolute Gasteiger partial charge is 0.496 e. The molecule has 30 heavy (non-hydrogen) atoms. The smallest absolute Gasteiger partial charge is 0.195 e. The third-order valence-electron chi connectivity index (χ3n) is 4.08. The summed E-state index contributed by atoms with van der Waals surface area (Å²) >= 11 is 0. The monoisotopic (exact) mass is 531 g/mol. The van der Waals surface area contributed by atoms with Crippen LogP contribution in [0.25, 0.3) is 0 Å². The van der Waals surface area contributed by atoms with Gasteiger partial charge in [-0.05, 0) is 18.6 Å². The van der Waals surface area contributed by atoms with E-state index in [0.29, 0.717) is 47.9 Å². The van der Waals surface area contributed by atoms with Gasteiger partial charge in [-0.3, -0.25) is 4.99 Å². The molecular weight excluding hydrogens is 501 g/mol. The lowest BCUT2D eigenvalue weighted by Gasteiger charge is -2.14. The number of nitrogens with zero attached hydrogens (tertiary/aromatic N) is 1. The second-order valence-corrected chi connectivity index (χ2v) is 5.94. The molecule has 8 nitrogen and oxygen atoms in total. The molecule has 0 aliphatic carbocycles. The lowest BCUT2D eigenvalue weighted by molar-refractivity contribution is 0.305. The number of methoxy groups -OCH3 is 4. The highest BCUT2D eigenvalue weighted by Gasteiger charge is 2.06. The van der Waals surface area contributed by atoms with E-state index in [1.54, 1.807) is 41.6 Å². The molecule has 166 valence electrons. The molecule has 0 aromatic heterocycles. The van der Waals surface area contributed by atoms with Crippen molar-refractivity contribution < 1.29 is 23.7 Å².